The number of aliphatic hydroxyl groups is 1. The van der Waals surface area contributed by atoms with Crippen LogP contribution in [-0.4, -0.2) is 27.4 Å². The van der Waals surface area contributed by atoms with Crippen LogP contribution in [0.4, 0.5) is 0 Å². The molecule has 0 bridgehead atoms. The minimum absolute atomic E-state index is 0.0155. The maximum absolute atomic E-state index is 11.3. The molecule has 1 atom stereocenters. The van der Waals surface area contributed by atoms with E-state index in [-0.39, 0.29) is 6.61 Å². The Morgan fingerprint density at radius 3 is 2.67 bits per heavy atom. The van der Waals surface area contributed by atoms with Crippen molar-refractivity contribution in [3.05, 3.63) is 34.3 Å². The summed E-state index contributed by atoms with van der Waals surface area (Å²) >= 11 is 3.48. The number of hydrogen-bond donors (Lipinski definition) is 1. The van der Waals surface area contributed by atoms with Gasteiger partial charge in [-0.2, -0.15) is 0 Å². The first-order chi connectivity index (χ1) is 7.24. The summed E-state index contributed by atoms with van der Waals surface area (Å²) in [6, 6.07) is 8.07. The molecule has 0 saturated heterocycles. The second-order valence-corrected chi connectivity index (χ2v) is 5.82. The van der Waals surface area contributed by atoms with Crippen LogP contribution in [0.3, 0.4) is 0 Å². The Morgan fingerprint density at radius 2 is 2.00 bits per heavy atom. The molecule has 15 heavy (non-hydrogen) atoms. The van der Waals surface area contributed by atoms with Gasteiger partial charge in [0.25, 0.3) is 0 Å². The van der Waals surface area contributed by atoms with Crippen LogP contribution in [0.2, 0.25) is 0 Å². The van der Waals surface area contributed by atoms with Gasteiger partial charge in [-0.15, -0.1) is 0 Å². The molecule has 1 aromatic rings. The van der Waals surface area contributed by atoms with E-state index >= 15 is 0 Å². The number of benzene rings is 1. The summed E-state index contributed by atoms with van der Waals surface area (Å²) < 4.78 is 12.4. The van der Waals surface area contributed by atoms with Crippen molar-refractivity contribution >= 4 is 26.7 Å². The van der Waals surface area contributed by atoms with Gasteiger partial charge in [0.1, 0.15) is 0 Å². The van der Waals surface area contributed by atoms with Gasteiger partial charge >= 0.3 is 0 Å². The van der Waals surface area contributed by atoms with Crippen LogP contribution in [0.15, 0.2) is 28.7 Å². The first kappa shape index (κ1) is 12.9. The molecule has 0 saturated carbocycles. The van der Waals surface area contributed by atoms with Gasteiger partial charge in [0.05, 0.1) is 6.61 Å². The minimum Gasteiger partial charge on any atom is -0.395 e. The Hall–Kier alpha value is -0.190. The molecule has 0 heterocycles. The molecule has 0 aliphatic heterocycles. The van der Waals surface area contributed by atoms with Crippen LogP contribution in [0.1, 0.15) is 12.0 Å². The number of hydrogen-bond acceptors (Lipinski definition) is 2. The van der Waals surface area contributed by atoms with Gasteiger partial charge < -0.3 is 5.11 Å². The molecule has 1 rings (SSSR count). The molecule has 84 valence electrons. The molecule has 1 N–H and O–H groups in total. The van der Waals surface area contributed by atoms with E-state index < -0.39 is 10.8 Å². The van der Waals surface area contributed by atoms with Crippen LogP contribution >= 0.6 is 15.9 Å². The minimum atomic E-state index is -0.866. The van der Waals surface area contributed by atoms with E-state index in [2.05, 4.69) is 22.0 Å². The van der Waals surface area contributed by atoms with Gasteiger partial charge in [0.2, 0.25) is 0 Å². The second-order valence-electron chi connectivity index (χ2n) is 3.27. The van der Waals surface area contributed by atoms with E-state index in [9.17, 15) is 4.21 Å². The normalized spacial score (nSPS) is 12.7. The molecule has 0 fully saturated rings. The van der Waals surface area contributed by atoms with Crippen LogP contribution in [0.5, 0.6) is 0 Å². The molecular formula is C11H15BrO2S. The van der Waals surface area contributed by atoms with E-state index in [0.717, 1.165) is 17.3 Å². The average molecular weight is 291 g/mol. The third-order valence-corrected chi connectivity index (χ3v) is 4.25. The Morgan fingerprint density at radius 1 is 1.27 bits per heavy atom. The quantitative estimate of drug-likeness (QED) is 0.871. The fraction of sp³-hybridized carbons (Fsp3) is 0.455. The Balaban J connectivity index is 2.32. The van der Waals surface area contributed by atoms with Crippen LogP contribution in [0.25, 0.3) is 0 Å². The molecule has 0 unspecified atom stereocenters. The summed E-state index contributed by atoms with van der Waals surface area (Å²) in [4.78, 5) is 0. The van der Waals surface area contributed by atoms with Crippen molar-refractivity contribution in [1.29, 1.82) is 0 Å². The van der Waals surface area contributed by atoms with Crippen LogP contribution < -0.4 is 0 Å². The van der Waals surface area contributed by atoms with Crippen molar-refractivity contribution in [2.24, 2.45) is 0 Å². The molecule has 0 spiro atoms. The fourth-order valence-corrected chi connectivity index (χ4v) is 2.69. The van der Waals surface area contributed by atoms with E-state index in [1.165, 1.54) is 5.56 Å². The van der Waals surface area contributed by atoms with Crippen molar-refractivity contribution in [2.75, 3.05) is 18.1 Å². The molecule has 0 aromatic heterocycles. The van der Waals surface area contributed by atoms with E-state index in [0.29, 0.717) is 11.5 Å². The maximum Gasteiger partial charge on any atom is 0.0546 e. The molecule has 0 aliphatic carbocycles. The largest absolute Gasteiger partial charge is 0.395 e. The van der Waals surface area contributed by atoms with Crippen molar-refractivity contribution in [1.82, 2.24) is 0 Å². The SMILES string of the molecule is O=[S@@](CCO)CCCc1ccccc1Br. The zero-order valence-electron chi connectivity index (χ0n) is 8.49. The zero-order chi connectivity index (χ0) is 11.1. The number of halogens is 1. The van der Waals surface area contributed by atoms with Gasteiger partial charge in [0.15, 0.2) is 0 Å². The molecular weight excluding hydrogens is 276 g/mol. The lowest BCUT2D eigenvalue weighted by Gasteiger charge is -2.03. The van der Waals surface area contributed by atoms with Gasteiger partial charge in [-0.05, 0) is 24.5 Å². The Labute approximate surface area is 101 Å². The summed E-state index contributed by atoms with van der Waals surface area (Å²) in [7, 11) is -0.866. The fourth-order valence-electron chi connectivity index (χ4n) is 1.33. The molecule has 0 amide bonds. The number of aliphatic hydroxyl groups excluding tert-OH is 1. The lowest BCUT2D eigenvalue weighted by molar-refractivity contribution is 0.321. The van der Waals surface area contributed by atoms with Crippen molar-refractivity contribution < 1.29 is 9.32 Å². The summed E-state index contributed by atoms with van der Waals surface area (Å²) in [5, 5.41) is 8.60. The topological polar surface area (TPSA) is 37.3 Å². The zero-order valence-corrected chi connectivity index (χ0v) is 10.9. The monoisotopic (exact) mass is 290 g/mol. The van der Waals surface area contributed by atoms with Gasteiger partial charge in [-0.1, -0.05) is 34.1 Å². The summed E-state index contributed by atoms with van der Waals surface area (Å²) in [6.45, 7) is 0.0155. The standard InChI is InChI=1S/C11H15BrO2S/c12-11-6-2-1-4-10(11)5-3-8-15(14)9-7-13/h1-2,4,6,13H,3,5,7-9H2/t15-/m1/s1. The third-order valence-electron chi connectivity index (χ3n) is 2.09. The van der Waals surface area contributed by atoms with Gasteiger partial charge in [-0.25, -0.2) is 0 Å². The highest BCUT2D eigenvalue weighted by Gasteiger charge is 2.01. The predicted octanol–water partition coefficient (Wildman–Crippen LogP) is 2.12. The van der Waals surface area contributed by atoms with Gasteiger partial charge in [0, 0.05) is 26.8 Å². The maximum atomic E-state index is 11.3. The van der Waals surface area contributed by atoms with E-state index in [1.54, 1.807) is 0 Å². The lowest BCUT2D eigenvalue weighted by atomic mass is 10.1. The summed E-state index contributed by atoms with van der Waals surface area (Å²) in [5.41, 5.74) is 1.25. The van der Waals surface area contributed by atoms with E-state index in [1.807, 2.05) is 18.2 Å². The van der Waals surface area contributed by atoms with Crippen LogP contribution in [-0.2, 0) is 17.2 Å². The Bertz CT molecular complexity index is 328. The predicted molar refractivity (Wildman–Crippen MR) is 67.4 cm³/mol. The average Bonchev–Trinajstić information content (AvgIpc) is 2.21. The lowest BCUT2D eigenvalue weighted by Crippen LogP contribution is -2.06. The Kier molecular flexibility index (Phi) is 6.13. The molecule has 1 aromatic carbocycles. The smallest absolute Gasteiger partial charge is 0.0546 e. The summed E-state index contributed by atoms with van der Waals surface area (Å²) in [5.74, 6) is 1.07. The van der Waals surface area contributed by atoms with Crippen molar-refractivity contribution in [3.8, 4) is 0 Å². The third kappa shape index (κ3) is 4.91. The first-order valence-corrected chi connectivity index (χ1v) is 7.21. The van der Waals surface area contributed by atoms with E-state index in [4.69, 9.17) is 5.11 Å². The number of aryl methyl sites for hydroxylation is 1. The number of rotatable bonds is 6. The molecule has 0 radical (unpaired) electrons. The second kappa shape index (κ2) is 7.14. The van der Waals surface area contributed by atoms with Crippen LogP contribution in [0, 0.1) is 0 Å². The molecule has 0 aliphatic rings. The first-order valence-electron chi connectivity index (χ1n) is 4.93. The van der Waals surface area contributed by atoms with Crippen molar-refractivity contribution in [3.63, 3.8) is 0 Å². The highest BCUT2D eigenvalue weighted by atomic mass is 79.9. The summed E-state index contributed by atoms with van der Waals surface area (Å²) in [6.07, 6.45) is 1.83. The molecule has 2 nitrogen and oxygen atoms in total. The highest BCUT2D eigenvalue weighted by molar-refractivity contribution is 9.10. The highest BCUT2D eigenvalue weighted by Crippen LogP contribution is 2.17. The van der Waals surface area contributed by atoms with Gasteiger partial charge in [-0.3, -0.25) is 4.21 Å². The molecule has 4 heteroatoms. The van der Waals surface area contributed by atoms with Crippen molar-refractivity contribution in [2.45, 2.75) is 12.8 Å².